The summed E-state index contributed by atoms with van der Waals surface area (Å²) in [5.41, 5.74) is 1.67. The zero-order chi connectivity index (χ0) is 18.7. The van der Waals surface area contributed by atoms with Crippen molar-refractivity contribution in [3.8, 4) is 5.75 Å². The number of halogens is 1. The fourth-order valence-electron chi connectivity index (χ4n) is 2.96. The Kier molecular flexibility index (Phi) is 5.14. The fraction of sp³-hybridized carbons (Fsp3) is 0.200. The maximum absolute atomic E-state index is 13.3. The summed E-state index contributed by atoms with van der Waals surface area (Å²) in [5.74, 6) is -1.03. The van der Waals surface area contributed by atoms with Gasteiger partial charge in [-0.3, -0.25) is 14.5 Å². The number of carbonyl (C=O) groups is 2. The number of quaternary nitrogens is 1. The standard InChI is InChI=1S/C20H19FN2O3/c1-3-10-26-16-7-4-14(5-8-16)12-22(2)13-23-18-9-6-15(21)11-17(18)19(24)20(23)25/h3-9,11H,1,10,12-13H2,2H3/p+1. The lowest BCUT2D eigenvalue weighted by atomic mass is 10.1. The number of anilines is 1. The molecule has 1 N–H and O–H groups in total. The first-order chi connectivity index (χ1) is 12.5. The minimum absolute atomic E-state index is 0.131. The third-order valence-electron chi connectivity index (χ3n) is 4.16. The molecule has 2 aromatic rings. The summed E-state index contributed by atoms with van der Waals surface area (Å²) in [7, 11) is 1.93. The minimum atomic E-state index is -0.656. The Bertz CT molecular complexity index is 849. The Morgan fingerprint density at radius 3 is 2.62 bits per heavy atom. The second-order valence-electron chi connectivity index (χ2n) is 6.26. The van der Waals surface area contributed by atoms with Gasteiger partial charge in [0.15, 0.2) is 6.67 Å². The molecule has 3 rings (SSSR count). The van der Waals surface area contributed by atoms with Crippen LogP contribution in [-0.4, -0.2) is 32.0 Å². The number of ketones is 1. The van der Waals surface area contributed by atoms with Crippen molar-refractivity contribution in [2.45, 2.75) is 6.54 Å². The molecule has 1 aliphatic rings. The van der Waals surface area contributed by atoms with Crippen molar-refractivity contribution in [1.82, 2.24) is 0 Å². The predicted molar refractivity (Wildman–Crippen MR) is 95.8 cm³/mol. The van der Waals surface area contributed by atoms with E-state index in [0.29, 0.717) is 25.5 Å². The molecular formula is C20H20FN2O3+. The molecule has 5 nitrogen and oxygen atoms in total. The van der Waals surface area contributed by atoms with Gasteiger partial charge in [0.2, 0.25) is 0 Å². The molecule has 0 saturated carbocycles. The largest absolute Gasteiger partial charge is 0.490 e. The highest BCUT2D eigenvalue weighted by Gasteiger charge is 2.37. The van der Waals surface area contributed by atoms with Crippen molar-refractivity contribution in [2.24, 2.45) is 0 Å². The van der Waals surface area contributed by atoms with E-state index in [1.165, 1.54) is 17.0 Å². The average molecular weight is 355 g/mol. The third kappa shape index (κ3) is 3.65. The van der Waals surface area contributed by atoms with Crippen LogP contribution in [0.5, 0.6) is 5.75 Å². The Hall–Kier alpha value is -2.99. The van der Waals surface area contributed by atoms with Crippen molar-refractivity contribution < 1.29 is 23.6 Å². The first-order valence-electron chi connectivity index (χ1n) is 8.29. The topological polar surface area (TPSA) is 51.1 Å². The summed E-state index contributed by atoms with van der Waals surface area (Å²) < 4.78 is 18.8. The number of amides is 1. The molecule has 0 radical (unpaired) electrons. The molecule has 2 aromatic carbocycles. The number of ether oxygens (including phenoxy) is 1. The van der Waals surface area contributed by atoms with Gasteiger partial charge in [-0.15, -0.1) is 0 Å². The van der Waals surface area contributed by atoms with Crippen LogP contribution in [0.1, 0.15) is 15.9 Å². The molecule has 0 aromatic heterocycles. The highest BCUT2D eigenvalue weighted by atomic mass is 19.1. The van der Waals surface area contributed by atoms with Gasteiger partial charge in [-0.05, 0) is 42.5 Å². The van der Waals surface area contributed by atoms with Crippen molar-refractivity contribution in [1.29, 1.82) is 0 Å². The molecule has 1 aliphatic heterocycles. The summed E-state index contributed by atoms with van der Waals surface area (Å²) in [6.07, 6.45) is 1.68. The lowest BCUT2D eigenvalue weighted by Gasteiger charge is -2.21. The molecule has 1 heterocycles. The predicted octanol–water partition coefficient (Wildman–Crippen LogP) is 1.59. The van der Waals surface area contributed by atoms with Gasteiger partial charge in [-0.1, -0.05) is 12.7 Å². The maximum Gasteiger partial charge on any atom is 0.303 e. The minimum Gasteiger partial charge on any atom is -0.490 e. The maximum atomic E-state index is 13.3. The Morgan fingerprint density at radius 1 is 1.19 bits per heavy atom. The van der Waals surface area contributed by atoms with Crippen LogP contribution in [0.25, 0.3) is 0 Å². The zero-order valence-corrected chi connectivity index (χ0v) is 14.5. The number of fused-ring (bicyclic) bond motifs is 1. The van der Waals surface area contributed by atoms with Crippen LogP contribution >= 0.6 is 0 Å². The first-order valence-corrected chi connectivity index (χ1v) is 8.29. The van der Waals surface area contributed by atoms with Gasteiger partial charge in [-0.2, -0.15) is 0 Å². The van der Waals surface area contributed by atoms with E-state index in [0.717, 1.165) is 22.3 Å². The highest BCUT2D eigenvalue weighted by Crippen LogP contribution is 2.28. The molecule has 6 heteroatoms. The number of nitrogens with zero attached hydrogens (tertiary/aromatic N) is 1. The van der Waals surface area contributed by atoms with Crippen LogP contribution in [0.3, 0.4) is 0 Å². The summed E-state index contributed by atoms with van der Waals surface area (Å²) in [6, 6.07) is 11.5. The fourth-order valence-corrected chi connectivity index (χ4v) is 2.96. The summed E-state index contributed by atoms with van der Waals surface area (Å²) >= 11 is 0. The molecule has 26 heavy (non-hydrogen) atoms. The van der Waals surface area contributed by atoms with Gasteiger partial charge >= 0.3 is 5.91 Å². The number of hydrogen-bond donors (Lipinski definition) is 1. The number of carbonyl (C=O) groups excluding carboxylic acids is 2. The van der Waals surface area contributed by atoms with Crippen molar-refractivity contribution in [3.05, 3.63) is 72.1 Å². The molecule has 1 amide bonds. The van der Waals surface area contributed by atoms with Crippen molar-refractivity contribution in [2.75, 3.05) is 25.2 Å². The summed E-state index contributed by atoms with van der Waals surface area (Å²) in [4.78, 5) is 26.7. The van der Waals surface area contributed by atoms with E-state index >= 15 is 0 Å². The molecule has 1 unspecified atom stereocenters. The summed E-state index contributed by atoms with van der Waals surface area (Å²) in [5, 5.41) is 0. The van der Waals surface area contributed by atoms with E-state index in [-0.39, 0.29) is 5.56 Å². The first kappa shape index (κ1) is 17.8. The van der Waals surface area contributed by atoms with Crippen LogP contribution in [0.15, 0.2) is 55.1 Å². The van der Waals surface area contributed by atoms with Gasteiger partial charge in [0, 0.05) is 5.56 Å². The number of hydrogen-bond acceptors (Lipinski definition) is 3. The normalized spacial score (nSPS) is 14.3. The third-order valence-corrected chi connectivity index (χ3v) is 4.16. The smallest absolute Gasteiger partial charge is 0.303 e. The van der Waals surface area contributed by atoms with E-state index in [2.05, 4.69) is 6.58 Å². The Morgan fingerprint density at radius 2 is 1.92 bits per heavy atom. The van der Waals surface area contributed by atoms with Crippen molar-refractivity contribution in [3.63, 3.8) is 0 Å². The number of benzene rings is 2. The van der Waals surface area contributed by atoms with Crippen LogP contribution in [0.2, 0.25) is 0 Å². The van der Waals surface area contributed by atoms with E-state index in [4.69, 9.17) is 4.74 Å². The second kappa shape index (κ2) is 7.49. The lowest BCUT2D eigenvalue weighted by Crippen LogP contribution is -3.09. The van der Waals surface area contributed by atoms with E-state index in [9.17, 15) is 14.0 Å². The average Bonchev–Trinajstić information content (AvgIpc) is 2.85. The van der Waals surface area contributed by atoms with Gasteiger partial charge in [0.25, 0.3) is 5.78 Å². The summed E-state index contributed by atoms with van der Waals surface area (Å²) in [6.45, 7) is 5.04. The molecule has 0 aliphatic carbocycles. The van der Waals surface area contributed by atoms with Crippen molar-refractivity contribution >= 4 is 17.4 Å². The zero-order valence-electron chi connectivity index (χ0n) is 14.5. The molecule has 0 fully saturated rings. The van der Waals surface area contributed by atoms with Gasteiger partial charge in [0.05, 0.1) is 18.3 Å². The monoisotopic (exact) mass is 355 g/mol. The quantitative estimate of drug-likeness (QED) is 0.606. The van der Waals surface area contributed by atoms with Gasteiger partial charge in [-0.25, -0.2) is 4.39 Å². The molecule has 0 saturated heterocycles. The number of rotatable bonds is 7. The van der Waals surface area contributed by atoms with Gasteiger partial charge < -0.3 is 9.64 Å². The van der Waals surface area contributed by atoms with Crippen LogP contribution in [0, 0.1) is 5.82 Å². The highest BCUT2D eigenvalue weighted by molar-refractivity contribution is 6.52. The van der Waals surface area contributed by atoms with Crippen LogP contribution < -0.4 is 14.5 Å². The molecule has 1 atom stereocenters. The molecule has 0 spiro atoms. The lowest BCUT2D eigenvalue weighted by molar-refractivity contribution is -0.892. The second-order valence-corrected chi connectivity index (χ2v) is 6.26. The molecule has 0 bridgehead atoms. The van der Waals surface area contributed by atoms with Crippen LogP contribution in [-0.2, 0) is 11.3 Å². The Labute approximate surface area is 151 Å². The van der Waals surface area contributed by atoms with E-state index in [1.54, 1.807) is 6.08 Å². The van der Waals surface area contributed by atoms with Crippen LogP contribution in [0.4, 0.5) is 10.1 Å². The van der Waals surface area contributed by atoms with E-state index < -0.39 is 17.5 Å². The molecule has 134 valence electrons. The SMILES string of the molecule is C=CCOc1ccc(C[NH+](C)CN2C(=O)C(=O)c3cc(F)ccc32)cc1. The number of Topliss-reactive ketones (excluding diaryl/α,β-unsaturated/α-hetero) is 1. The molecular weight excluding hydrogens is 335 g/mol. The van der Waals surface area contributed by atoms with E-state index in [1.807, 2.05) is 31.3 Å². The number of nitrogens with one attached hydrogen (secondary N) is 1. The van der Waals surface area contributed by atoms with Gasteiger partial charge in [0.1, 0.15) is 24.7 Å². The Balaban J connectivity index is 1.67.